The molecule has 44 heavy (non-hydrogen) atoms. The lowest BCUT2D eigenvalue weighted by Gasteiger charge is -2.32. The van der Waals surface area contributed by atoms with Crippen molar-refractivity contribution in [3.05, 3.63) is 142 Å². The number of halogens is 2. The highest BCUT2D eigenvalue weighted by atomic mass is 19.1. The quantitative estimate of drug-likeness (QED) is 0.149. The van der Waals surface area contributed by atoms with Crippen LogP contribution in [0.4, 0.5) is 8.78 Å². The molecule has 0 aromatic heterocycles. The van der Waals surface area contributed by atoms with E-state index in [1.165, 1.54) is 12.1 Å². The predicted molar refractivity (Wildman–Crippen MR) is 164 cm³/mol. The van der Waals surface area contributed by atoms with E-state index in [9.17, 15) is 19.0 Å². The van der Waals surface area contributed by atoms with Crippen molar-refractivity contribution >= 4 is 0 Å². The summed E-state index contributed by atoms with van der Waals surface area (Å²) in [7, 11) is 0. The van der Waals surface area contributed by atoms with Gasteiger partial charge in [0.1, 0.15) is 36.1 Å². The van der Waals surface area contributed by atoms with Crippen LogP contribution in [0.3, 0.4) is 0 Å². The van der Waals surface area contributed by atoms with Gasteiger partial charge in [-0.25, -0.2) is 8.78 Å². The Hall–Kier alpha value is -3.50. The van der Waals surface area contributed by atoms with Gasteiger partial charge in [0.2, 0.25) is 0 Å². The highest BCUT2D eigenvalue weighted by Gasteiger charge is 2.34. The van der Waals surface area contributed by atoms with Crippen molar-refractivity contribution in [2.24, 2.45) is 0 Å². The summed E-state index contributed by atoms with van der Waals surface area (Å²) >= 11 is 0. The minimum Gasteiger partial charge on any atom is -0.388 e. The van der Waals surface area contributed by atoms with Crippen molar-refractivity contribution in [1.82, 2.24) is 0 Å². The largest absolute Gasteiger partial charge is 0.388 e. The molecule has 0 fully saturated rings. The van der Waals surface area contributed by atoms with Crippen LogP contribution in [0.5, 0.6) is 0 Å². The molecule has 0 amide bonds. The number of rotatable bonds is 17. The van der Waals surface area contributed by atoms with Crippen LogP contribution in [0.25, 0.3) is 0 Å². The summed E-state index contributed by atoms with van der Waals surface area (Å²) in [4.78, 5) is 0. The van der Waals surface area contributed by atoms with Gasteiger partial charge in [-0.3, -0.25) is 0 Å². The lowest BCUT2D eigenvalue weighted by Crippen LogP contribution is -2.49. The molecule has 8 heteroatoms. The lowest BCUT2D eigenvalue weighted by atomic mass is 10.0. The second-order valence-electron chi connectivity index (χ2n) is 10.7. The van der Waals surface area contributed by atoms with Crippen LogP contribution in [-0.4, -0.2) is 47.8 Å². The van der Waals surface area contributed by atoms with Gasteiger partial charge in [-0.05, 0) is 48.2 Å². The van der Waals surface area contributed by atoms with Crippen LogP contribution in [0.15, 0.2) is 97.1 Å². The number of aliphatic hydroxyl groups excluding tert-OH is 2. The normalized spacial score (nSPS) is 14.2. The van der Waals surface area contributed by atoms with Gasteiger partial charge in [0, 0.05) is 11.1 Å². The third kappa shape index (κ3) is 9.75. The lowest BCUT2D eigenvalue weighted by molar-refractivity contribution is -0.170. The van der Waals surface area contributed by atoms with Gasteiger partial charge in [-0.15, -0.1) is 0 Å². The summed E-state index contributed by atoms with van der Waals surface area (Å²) in [5.41, 5.74) is 4.56. The molecule has 2 N–H and O–H groups in total. The zero-order valence-electron chi connectivity index (χ0n) is 25.1. The molecule has 4 aromatic rings. The first-order chi connectivity index (χ1) is 21.3. The minimum atomic E-state index is -1.46. The Labute approximate surface area is 257 Å². The molecule has 234 valence electrons. The molecule has 4 aromatic carbocycles. The van der Waals surface area contributed by atoms with Crippen LogP contribution >= 0.6 is 0 Å². The molecule has 0 aliphatic heterocycles. The third-order valence-electron chi connectivity index (χ3n) is 7.54. The molecule has 0 saturated carbocycles. The second kappa shape index (κ2) is 17.1. The average molecular weight is 607 g/mol. The molecular weight excluding hydrogens is 566 g/mol. The van der Waals surface area contributed by atoms with E-state index in [4.69, 9.17) is 18.9 Å². The molecule has 0 aliphatic rings. The fraction of sp³-hybridized carbons (Fsp3) is 0.333. The maximum absolute atomic E-state index is 14.2. The van der Waals surface area contributed by atoms with Gasteiger partial charge in [-0.1, -0.05) is 84.9 Å². The first kappa shape index (κ1) is 33.4. The molecule has 0 unspecified atom stereocenters. The van der Waals surface area contributed by atoms with Gasteiger partial charge < -0.3 is 29.2 Å². The summed E-state index contributed by atoms with van der Waals surface area (Å²) < 4.78 is 52.1. The van der Waals surface area contributed by atoms with Crippen LogP contribution in [0.2, 0.25) is 0 Å². The van der Waals surface area contributed by atoms with Crippen molar-refractivity contribution in [2.75, 3.05) is 13.2 Å². The molecule has 0 bridgehead atoms. The summed E-state index contributed by atoms with van der Waals surface area (Å²) in [6.45, 7) is 3.88. The fourth-order valence-corrected chi connectivity index (χ4v) is 4.67. The maximum Gasteiger partial charge on any atom is 0.128 e. The van der Waals surface area contributed by atoms with Gasteiger partial charge in [0.25, 0.3) is 0 Å². The Morgan fingerprint density at radius 3 is 1.20 bits per heavy atom. The van der Waals surface area contributed by atoms with E-state index in [0.717, 1.165) is 22.3 Å². The molecule has 0 aliphatic carbocycles. The summed E-state index contributed by atoms with van der Waals surface area (Å²) in [6.07, 6.45) is -4.91. The van der Waals surface area contributed by atoms with Gasteiger partial charge in [0.15, 0.2) is 0 Å². The molecule has 0 radical (unpaired) electrons. The first-order valence-electron chi connectivity index (χ1n) is 14.6. The smallest absolute Gasteiger partial charge is 0.128 e. The average Bonchev–Trinajstić information content (AvgIpc) is 3.03. The zero-order chi connectivity index (χ0) is 31.3. The molecule has 4 rings (SSSR count). The van der Waals surface area contributed by atoms with Crippen molar-refractivity contribution in [2.45, 2.75) is 64.7 Å². The van der Waals surface area contributed by atoms with E-state index in [2.05, 4.69) is 0 Å². The van der Waals surface area contributed by atoms with E-state index < -0.39 is 36.1 Å². The Balaban J connectivity index is 1.48. The number of aryl methyl sites for hydroxylation is 2. The number of hydrogen-bond donors (Lipinski definition) is 2. The topological polar surface area (TPSA) is 77.4 Å². The van der Waals surface area contributed by atoms with E-state index in [0.29, 0.717) is 11.1 Å². The van der Waals surface area contributed by atoms with E-state index >= 15 is 0 Å². The highest BCUT2D eigenvalue weighted by Crippen LogP contribution is 2.19. The van der Waals surface area contributed by atoms with Crippen molar-refractivity contribution in [3.63, 3.8) is 0 Å². The second-order valence-corrected chi connectivity index (χ2v) is 10.7. The maximum atomic E-state index is 14.2. The number of benzene rings is 4. The minimum absolute atomic E-state index is 0.0430. The highest BCUT2D eigenvalue weighted by molar-refractivity contribution is 5.25. The third-order valence-corrected chi connectivity index (χ3v) is 7.54. The summed E-state index contributed by atoms with van der Waals surface area (Å²) in [5, 5.41) is 22.9. The summed E-state index contributed by atoms with van der Waals surface area (Å²) in [6, 6.07) is 27.9. The Kier molecular flexibility index (Phi) is 13.0. The van der Waals surface area contributed by atoms with Gasteiger partial charge in [-0.2, -0.15) is 0 Å². The van der Waals surface area contributed by atoms with Crippen molar-refractivity contribution in [3.8, 4) is 0 Å². The first-order valence-corrected chi connectivity index (χ1v) is 14.6. The standard InChI is InChI=1S/C36H40F2O6/c1-25-11-3-5-13-27(25)21-43-33(23-41-19-29-15-7-9-17-31(29)37)35(39)36(40)34(44-22-28-14-6-4-12-26(28)2)24-42-20-30-16-8-10-18-32(30)38/h3-18,33-36,39-40H,19-24H2,1-2H3/t33-,34-,35-,36-/m1/s1. The fourth-order valence-electron chi connectivity index (χ4n) is 4.67. The van der Waals surface area contributed by atoms with Crippen LogP contribution in [0, 0.1) is 25.5 Å². The van der Waals surface area contributed by atoms with Crippen molar-refractivity contribution < 1.29 is 37.9 Å². The number of hydrogen-bond acceptors (Lipinski definition) is 6. The molecule has 4 atom stereocenters. The number of ether oxygens (including phenoxy) is 4. The van der Waals surface area contributed by atoms with Gasteiger partial charge in [0.05, 0.1) is 39.6 Å². The molecule has 6 nitrogen and oxygen atoms in total. The molecule has 0 spiro atoms. The monoisotopic (exact) mass is 606 g/mol. The summed E-state index contributed by atoms with van der Waals surface area (Å²) in [5.74, 6) is -0.802. The van der Waals surface area contributed by atoms with E-state index in [1.807, 2.05) is 62.4 Å². The van der Waals surface area contributed by atoms with Crippen LogP contribution in [0.1, 0.15) is 33.4 Å². The Morgan fingerprint density at radius 1 is 0.500 bits per heavy atom. The van der Waals surface area contributed by atoms with Gasteiger partial charge >= 0.3 is 0 Å². The van der Waals surface area contributed by atoms with E-state index in [-0.39, 0.29) is 39.6 Å². The molecule has 0 heterocycles. The van der Waals surface area contributed by atoms with Crippen LogP contribution < -0.4 is 0 Å². The zero-order valence-corrected chi connectivity index (χ0v) is 25.1. The van der Waals surface area contributed by atoms with Crippen LogP contribution in [-0.2, 0) is 45.4 Å². The molecular formula is C36H40F2O6. The predicted octanol–water partition coefficient (Wildman–Crippen LogP) is 6.21. The van der Waals surface area contributed by atoms with Crippen molar-refractivity contribution in [1.29, 1.82) is 0 Å². The van der Waals surface area contributed by atoms with E-state index in [1.54, 1.807) is 36.4 Å². The SMILES string of the molecule is Cc1ccccc1CO[C@H](COCc1ccccc1F)[C@@H](O)[C@H](O)[C@@H](COCc1ccccc1F)OCc1ccccc1C. The molecule has 0 saturated heterocycles. The Bertz CT molecular complexity index is 1340. The number of aliphatic hydroxyl groups is 2. The Morgan fingerprint density at radius 2 is 0.841 bits per heavy atom.